The SMILES string of the molecule is CC1CNCCC1(O)c1cc2cc(Cl)ccc2o1. The molecule has 96 valence electrons. The van der Waals surface area contributed by atoms with Gasteiger partial charge in [0, 0.05) is 22.9 Å². The zero-order valence-electron chi connectivity index (χ0n) is 10.2. The summed E-state index contributed by atoms with van der Waals surface area (Å²) in [6.45, 7) is 3.64. The average molecular weight is 266 g/mol. The van der Waals surface area contributed by atoms with Gasteiger partial charge in [-0.2, -0.15) is 0 Å². The van der Waals surface area contributed by atoms with Crippen LogP contribution in [0.2, 0.25) is 5.02 Å². The fraction of sp³-hybridized carbons (Fsp3) is 0.429. The number of aliphatic hydroxyl groups is 1. The Morgan fingerprint density at radius 3 is 3.06 bits per heavy atom. The molecule has 2 heterocycles. The highest BCUT2D eigenvalue weighted by molar-refractivity contribution is 6.31. The zero-order valence-corrected chi connectivity index (χ0v) is 11.0. The molecule has 0 aliphatic carbocycles. The first-order valence-electron chi connectivity index (χ1n) is 6.22. The van der Waals surface area contributed by atoms with Crippen LogP contribution in [0.3, 0.4) is 0 Å². The summed E-state index contributed by atoms with van der Waals surface area (Å²) in [6, 6.07) is 7.41. The van der Waals surface area contributed by atoms with Gasteiger partial charge in [0.15, 0.2) is 0 Å². The van der Waals surface area contributed by atoms with Gasteiger partial charge in [-0.05, 0) is 37.2 Å². The summed E-state index contributed by atoms with van der Waals surface area (Å²) in [5, 5.41) is 15.7. The third kappa shape index (κ3) is 1.83. The lowest BCUT2D eigenvalue weighted by atomic mass is 9.81. The molecule has 18 heavy (non-hydrogen) atoms. The zero-order chi connectivity index (χ0) is 12.8. The second-order valence-electron chi connectivity index (χ2n) is 5.07. The van der Waals surface area contributed by atoms with Crippen molar-refractivity contribution >= 4 is 22.6 Å². The monoisotopic (exact) mass is 265 g/mol. The number of fused-ring (bicyclic) bond motifs is 1. The van der Waals surface area contributed by atoms with E-state index >= 15 is 0 Å². The number of benzene rings is 1. The van der Waals surface area contributed by atoms with Crippen LogP contribution in [0.25, 0.3) is 11.0 Å². The molecule has 1 saturated heterocycles. The van der Waals surface area contributed by atoms with Crippen LogP contribution in [0.1, 0.15) is 19.1 Å². The Kier molecular flexibility index (Phi) is 2.85. The quantitative estimate of drug-likeness (QED) is 0.833. The molecule has 3 rings (SSSR count). The van der Waals surface area contributed by atoms with Gasteiger partial charge < -0.3 is 14.8 Å². The largest absolute Gasteiger partial charge is 0.458 e. The molecule has 2 aromatic rings. The fourth-order valence-electron chi connectivity index (χ4n) is 2.61. The lowest BCUT2D eigenvalue weighted by Crippen LogP contribution is -2.46. The summed E-state index contributed by atoms with van der Waals surface area (Å²) < 4.78 is 5.80. The highest BCUT2D eigenvalue weighted by Gasteiger charge is 2.40. The van der Waals surface area contributed by atoms with Gasteiger partial charge in [-0.3, -0.25) is 0 Å². The lowest BCUT2D eigenvalue weighted by Gasteiger charge is -2.36. The second kappa shape index (κ2) is 4.26. The summed E-state index contributed by atoms with van der Waals surface area (Å²) >= 11 is 5.96. The van der Waals surface area contributed by atoms with Crippen molar-refractivity contribution in [1.29, 1.82) is 0 Å². The van der Waals surface area contributed by atoms with E-state index < -0.39 is 5.60 Å². The molecule has 0 radical (unpaired) electrons. The van der Waals surface area contributed by atoms with E-state index in [-0.39, 0.29) is 5.92 Å². The van der Waals surface area contributed by atoms with E-state index in [0.717, 1.165) is 24.1 Å². The Morgan fingerprint density at radius 1 is 1.44 bits per heavy atom. The minimum Gasteiger partial charge on any atom is -0.458 e. The van der Waals surface area contributed by atoms with Crippen molar-refractivity contribution in [3.63, 3.8) is 0 Å². The van der Waals surface area contributed by atoms with Gasteiger partial charge in [0.25, 0.3) is 0 Å². The van der Waals surface area contributed by atoms with Crippen molar-refractivity contribution in [1.82, 2.24) is 5.32 Å². The maximum atomic E-state index is 10.8. The first-order valence-corrected chi connectivity index (χ1v) is 6.60. The van der Waals surface area contributed by atoms with E-state index in [2.05, 4.69) is 5.32 Å². The number of piperidine rings is 1. The molecule has 1 aliphatic heterocycles. The predicted octanol–water partition coefficient (Wildman–Crippen LogP) is 2.90. The van der Waals surface area contributed by atoms with Crippen LogP contribution in [-0.4, -0.2) is 18.2 Å². The van der Waals surface area contributed by atoms with Gasteiger partial charge >= 0.3 is 0 Å². The molecular formula is C14H16ClNO2. The van der Waals surface area contributed by atoms with E-state index in [4.69, 9.17) is 16.0 Å². The Balaban J connectivity index is 2.07. The third-order valence-corrected chi connectivity index (χ3v) is 4.09. The fourth-order valence-corrected chi connectivity index (χ4v) is 2.79. The van der Waals surface area contributed by atoms with Crippen LogP contribution in [0, 0.1) is 5.92 Å². The molecule has 0 spiro atoms. The van der Waals surface area contributed by atoms with E-state index in [9.17, 15) is 5.11 Å². The van der Waals surface area contributed by atoms with Crippen LogP contribution < -0.4 is 5.32 Å². The van der Waals surface area contributed by atoms with E-state index in [0.29, 0.717) is 17.2 Å². The summed E-state index contributed by atoms with van der Waals surface area (Å²) in [6.07, 6.45) is 0.668. The number of rotatable bonds is 1. The molecule has 2 atom stereocenters. The normalized spacial score (nSPS) is 28.7. The van der Waals surface area contributed by atoms with Crippen LogP contribution in [-0.2, 0) is 5.60 Å². The van der Waals surface area contributed by atoms with Crippen molar-refractivity contribution in [3.8, 4) is 0 Å². The minimum atomic E-state index is -0.878. The molecule has 4 heteroatoms. The summed E-state index contributed by atoms with van der Waals surface area (Å²) in [7, 11) is 0. The number of hydrogen-bond donors (Lipinski definition) is 2. The Bertz CT molecular complexity index is 580. The van der Waals surface area contributed by atoms with Gasteiger partial charge in [0.1, 0.15) is 16.9 Å². The highest BCUT2D eigenvalue weighted by Crippen LogP contribution is 2.38. The average Bonchev–Trinajstić information content (AvgIpc) is 2.76. The van der Waals surface area contributed by atoms with Gasteiger partial charge in [-0.15, -0.1) is 0 Å². The minimum absolute atomic E-state index is 0.127. The first kappa shape index (κ1) is 12.0. The van der Waals surface area contributed by atoms with Gasteiger partial charge in [0.2, 0.25) is 0 Å². The smallest absolute Gasteiger partial charge is 0.137 e. The van der Waals surface area contributed by atoms with E-state index in [1.807, 2.05) is 25.1 Å². The second-order valence-corrected chi connectivity index (χ2v) is 5.51. The molecular weight excluding hydrogens is 250 g/mol. The molecule has 2 unspecified atom stereocenters. The molecule has 1 aromatic heterocycles. The maximum absolute atomic E-state index is 10.8. The summed E-state index contributed by atoms with van der Waals surface area (Å²) in [5.74, 6) is 0.774. The third-order valence-electron chi connectivity index (χ3n) is 3.85. The van der Waals surface area contributed by atoms with Crippen molar-refractivity contribution in [2.75, 3.05) is 13.1 Å². The maximum Gasteiger partial charge on any atom is 0.137 e. The lowest BCUT2D eigenvalue weighted by molar-refractivity contribution is -0.0553. The topological polar surface area (TPSA) is 45.4 Å². The molecule has 1 aliphatic rings. The summed E-state index contributed by atoms with van der Waals surface area (Å²) in [4.78, 5) is 0. The Labute approximate surface area is 111 Å². The number of halogens is 1. The van der Waals surface area contributed by atoms with Gasteiger partial charge in [0.05, 0.1) is 0 Å². The Hall–Kier alpha value is -1.03. The number of hydrogen-bond acceptors (Lipinski definition) is 3. The molecule has 1 aromatic carbocycles. The molecule has 3 nitrogen and oxygen atoms in total. The number of nitrogens with one attached hydrogen (secondary N) is 1. The predicted molar refractivity (Wildman–Crippen MR) is 71.8 cm³/mol. The molecule has 0 amide bonds. The molecule has 0 bridgehead atoms. The standard InChI is InChI=1S/C14H16ClNO2/c1-9-8-16-5-4-14(9,17)13-7-10-6-11(15)2-3-12(10)18-13/h2-3,6-7,9,16-17H,4-5,8H2,1H3. The summed E-state index contributed by atoms with van der Waals surface area (Å²) in [5.41, 5.74) is -0.106. The van der Waals surface area contributed by atoms with Gasteiger partial charge in [-0.25, -0.2) is 0 Å². The number of furan rings is 1. The van der Waals surface area contributed by atoms with Crippen molar-refractivity contribution in [2.45, 2.75) is 18.9 Å². The molecule has 0 saturated carbocycles. The van der Waals surface area contributed by atoms with Crippen LogP contribution in [0.4, 0.5) is 0 Å². The van der Waals surface area contributed by atoms with Crippen LogP contribution in [0.15, 0.2) is 28.7 Å². The van der Waals surface area contributed by atoms with Crippen molar-refractivity contribution in [2.24, 2.45) is 5.92 Å². The van der Waals surface area contributed by atoms with Gasteiger partial charge in [-0.1, -0.05) is 18.5 Å². The molecule has 1 fully saturated rings. The highest BCUT2D eigenvalue weighted by atomic mass is 35.5. The van der Waals surface area contributed by atoms with Crippen molar-refractivity contribution in [3.05, 3.63) is 35.0 Å². The van der Waals surface area contributed by atoms with Crippen LogP contribution >= 0.6 is 11.6 Å². The Morgan fingerprint density at radius 2 is 2.28 bits per heavy atom. The van der Waals surface area contributed by atoms with E-state index in [1.54, 1.807) is 6.07 Å². The first-order chi connectivity index (χ1) is 8.59. The van der Waals surface area contributed by atoms with Crippen molar-refractivity contribution < 1.29 is 9.52 Å². The molecule has 2 N–H and O–H groups in total. The van der Waals surface area contributed by atoms with Crippen LogP contribution in [0.5, 0.6) is 0 Å². The van der Waals surface area contributed by atoms with E-state index in [1.165, 1.54) is 0 Å².